The number of H-pyrrole nitrogens is 1. The molecular formula is C23H19F6N3O4. The summed E-state index contributed by atoms with van der Waals surface area (Å²) < 4.78 is 95.9. The largest absolute Gasteiger partial charge is 0.493 e. The number of fused-ring (bicyclic) bond motifs is 1. The molecule has 0 spiro atoms. The number of carbonyl (C=O) groups is 1. The van der Waals surface area contributed by atoms with Crippen LogP contribution < -0.4 is 15.9 Å². The van der Waals surface area contributed by atoms with Gasteiger partial charge in [0.05, 0.1) is 24.2 Å². The first-order valence-electron chi connectivity index (χ1n) is 10.5. The van der Waals surface area contributed by atoms with Crippen LogP contribution in [0.5, 0.6) is 5.75 Å². The third kappa shape index (κ3) is 3.69. The van der Waals surface area contributed by atoms with E-state index in [0.29, 0.717) is 6.20 Å². The van der Waals surface area contributed by atoms with Gasteiger partial charge in [0.15, 0.2) is 28.4 Å². The molecule has 4 atom stereocenters. The Labute approximate surface area is 199 Å². The van der Waals surface area contributed by atoms with Gasteiger partial charge >= 0.3 is 6.18 Å². The van der Waals surface area contributed by atoms with E-state index in [1.165, 1.54) is 6.92 Å². The number of nitrogens with two attached hydrogens (primary N) is 1. The van der Waals surface area contributed by atoms with Crippen LogP contribution in [0.3, 0.4) is 0 Å². The van der Waals surface area contributed by atoms with Gasteiger partial charge < -0.3 is 20.2 Å². The minimum Gasteiger partial charge on any atom is -0.493 e. The molecule has 13 heteroatoms. The fourth-order valence-corrected chi connectivity index (χ4v) is 4.66. The Morgan fingerprint density at radius 2 is 1.89 bits per heavy atom. The maximum atomic E-state index is 14.6. The fraction of sp³-hybridized carbons (Fsp3) is 0.348. The molecule has 1 fully saturated rings. The Morgan fingerprint density at radius 1 is 1.22 bits per heavy atom. The lowest BCUT2D eigenvalue weighted by atomic mass is 9.76. The van der Waals surface area contributed by atoms with Gasteiger partial charge in [0.1, 0.15) is 11.8 Å². The third-order valence-corrected chi connectivity index (χ3v) is 6.69. The fourth-order valence-electron chi connectivity index (χ4n) is 4.66. The number of methoxy groups -OCH3 is 1. The minimum atomic E-state index is -4.92. The second kappa shape index (κ2) is 8.50. The van der Waals surface area contributed by atoms with Crippen molar-refractivity contribution in [2.45, 2.75) is 37.6 Å². The molecule has 0 radical (unpaired) electrons. The highest BCUT2D eigenvalue weighted by molar-refractivity contribution is 6.03. The van der Waals surface area contributed by atoms with Crippen molar-refractivity contribution >= 4 is 16.8 Å². The van der Waals surface area contributed by atoms with Crippen LogP contribution in [0.1, 0.15) is 47.6 Å². The molecule has 3 N–H and O–H groups in total. The predicted molar refractivity (Wildman–Crippen MR) is 114 cm³/mol. The van der Waals surface area contributed by atoms with Gasteiger partial charge in [-0.3, -0.25) is 9.59 Å². The Balaban J connectivity index is 2.01. The van der Waals surface area contributed by atoms with Crippen LogP contribution >= 0.6 is 0 Å². The van der Waals surface area contributed by atoms with Crippen molar-refractivity contribution in [3.05, 3.63) is 69.0 Å². The first-order chi connectivity index (χ1) is 16.7. The van der Waals surface area contributed by atoms with E-state index in [1.807, 2.05) is 0 Å². The van der Waals surface area contributed by atoms with Crippen molar-refractivity contribution in [1.29, 1.82) is 0 Å². The summed E-state index contributed by atoms with van der Waals surface area (Å²) in [6.45, 7) is 1.99. The number of rotatable bonds is 4. The number of primary amides is 1. The van der Waals surface area contributed by atoms with E-state index < -0.39 is 80.9 Å². The number of amides is 1. The first-order valence-corrected chi connectivity index (χ1v) is 10.5. The Morgan fingerprint density at radius 3 is 2.47 bits per heavy atom. The smallest absolute Gasteiger partial charge is 0.417 e. The highest BCUT2D eigenvalue weighted by Crippen LogP contribution is 2.59. The van der Waals surface area contributed by atoms with Crippen LogP contribution in [-0.2, 0) is 4.74 Å². The van der Waals surface area contributed by atoms with E-state index in [-0.39, 0.29) is 11.3 Å². The molecule has 36 heavy (non-hydrogen) atoms. The monoisotopic (exact) mass is 515 g/mol. The van der Waals surface area contributed by atoms with E-state index in [4.69, 9.17) is 15.2 Å². The molecule has 0 unspecified atom stereocenters. The number of nitrogens with one attached hydrogen (secondary N) is 1. The summed E-state index contributed by atoms with van der Waals surface area (Å²) in [7, 11) is 1.02. The third-order valence-electron chi connectivity index (χ3n) is 6.69. The van der Waals surface area contributed by atoms with Crippen molar-refractivity contribution < 1.29 is 40.6 Å². The number of ether oxygens (including phenoxy) is 2. The zero-order chi connectivity index (χ0) is 26.7. The van der Waals surface area contributed by atoms with Crippen molar-refractivity contribution in [2.24, 2.45) is 11.7 Å². The van der Waals surface area contributed by atoms with Crippen LogP contribution in [0.4, 0.5) is 26.3 Å². The first kappa shape index (κ1) is 25.5. The van der Waals surface area contributed by atoms with Gasteiger partial charge in [0.2, 0.25) is 5.82 Å². The number of pyridine rings is 2. The normalized spacial score (nSPS) is 24.3. The summed E-state index contributed by atoms with van der Waals surface area (Å²) in [6.07, 6.45) is -5.92. The lowest BCUT2D eigenvalue weighted by molar-refractivity contribution is -0.275. The molecule has 3 heterocycles. The molecule has 2 aromatic heterocycles. The van der Waals surface area contributed by atoms with Gasteiger partial charge in [-0.05, 0) is 13.0 Å². The van der Waals surface area contributed by atoms with E-state index in [1.54, 1.807) is 0 Å². The number of alkyl halides is 3. The zero-order valence-corrected chi connectivity index (χ0v) is 19.0. The summed E-state index contributed by atoms with van der Waals surface area (Å²) in [4.78, 5) is 30.6. The molecule has 192 valence electrons. The Bertz CT molecular complexity index is 1440. The van der Waals surface area contributed by atoms with Gasteiger partial charge in [0.25, 0.3) is 5.91 Å². The van der Waals surface area contributed by atoms with Crippen LogP contribution in [-0.4, -0.2) is 34.8 Å². The second-order valence-electron chi connectivity index (χ2n) is 8.60. The van der Waals surface area contributed by atoms with Crippen molar-refractivity contribution in [3.63, 3.8) is 0 Å². The lowest BCUT2D eigenvalue weighted by Gasteiger charge is -2.32. The molecular weight excluding hydrogens is 496 g/mol. The Hall–Kier alpha value is -3.61. The number of halogens is 6. The molecule has 3 aromatic rings. The van der Waals surface area contributed by atoms with Gasteiger partial charge in [-0.25, -0.2) is 13.8 Å². The summed E-state index contributed by atoms with van der Waals surface area (Å²) in [5.41, 5.74) is -0.0949. The van der Waals surface area contributed by atoms with E-state index >= 15 is 0 Å². The molecule has 1 saturated heterocycles. The topological polar surface area (TPSA) is 107 Å². The van der Waals surface area contributed by atoms with Crippen LogP contribution in [0.2, 0.25) is 0 Å². The van der Waals surface area contributed by atoms with E-state index in [9.17, 15) is 35.9 Å². The number of hydrogen-bond acceptors (Lipinski definition) is 5. The molecule has 1 aliphatic heterocycles. The summed E-state index contributed by atoms with van der Waals surface area (Å²) in [5.74, 6) is -8.30. The van der Waals surface area contributed by atoms with Crippen molar-refractivity contribution in [2.75, 3.05) is 7.11 Å². The number of aromatic amines is 1. The van der Waals surface area contributed by atoms with Crippen LogP contribution in [0.25, 0.3) is 10.9 Å². The zero-order valence-electron chi connectivity index (χ0n) is 19.0. The summed E-state index contributed by atoms with van der Waals surface area (Å²) in [6, 6.07) is 2.62. The van der Waals surface area contributed by atoms with Crippen molar-refractivity contribution in [1.82, 2.24) is 9.97 Å². The molecule has 1 amide bonds. The summed E-state index contributed by atoms with van der Waals surface area (Å²) >= 11 is 0. The minimum absolute atomic E-state index is 0.157. The maximum Gasteiger partial charge on any atom is 0.417 e. The molecule has 0 saturated carbocycles. The summed E-state index contributed by atoms with van der Waals surface area (Å²) in [5, 5.41) is -0.502. The number of hydrogen-bond donors (Lipinski definition) is 2. The lowest BCUT2D eigenvalue weighted by Crippen LogP contribution is -2.46. The van der Waals surface area contributed by atoms with E-state index in [0.717, 1.165) is 32.2 Å². The molecule has 1 aromatic carbocycles. The highest BCUT2D eigenvalue weighted by Gasteiger charge is 2.65. The maximum absolute atomic E-state index is 14.6. The average Bonchev–Trinajstić information content (AvgIpc) is 3.07. The molecule has 0 aliphatic carbocycles. The predicted octanol–water partition coefficient (Wildman–Crippen LogP) is 4.26. The number of benzene rings is 1. The van der Waals surface area contributed by atoms with Gasteiger partial charge in [-0.15, -0.1) is 0 Å². The van der Waals surface area contributed by atoms with Crippen molar-refractivity contribution in [3.8, 4) is 5.75 Å². The van der Waals surface area contributed by atoms with Gasteiger partial charge in [-0.1, -0.05) is 13.0 Å². The van der Waals surface area contributed by atoms with Crippen LogP contribution in [0, 0.1) is 23.4 Å². The van der Waals surface area contributed by atoms with E-state index in [2.05, 4.69) is 9.97 Å². The molecule has 0 bridgehead atoms. The highest BCUT2D eigenvalue weighted by atomic mass is 19.4. The number of aromatic nitrogens is 2. The Kier molecular flexibility index (Phi) is 6.02. The second-order valence-corrected chi connectivity index (χ2v) is 8.60. The quantitative estimate of drug-likeness (QED) is 0.505. The molecule has 1 aliphatic rings. The standard InChI is InChI=1S/C23H19F6N3O4/c1-8-14(9-4-5-10(24)16(26)19(9)35-3)20(36-22(8,2)23(27,28)29)12-6-13(33)15-17(32-12)11(25)7-31-18(15)21(30)34/h4-8,14,20H,1-3H3,(H2,30,34)(H,32,33)/t8-,14-,20-,22+/m0/s1. The number of nitrogens with zero attached hydrogens (tertiary/aromatic N) is 1. The molecule has 7 nitrogen and oxygen atoms in total. The molecule has 4 rings (SSSR count). The van der Waals surface area contributed by atoms with Gasteiger partial charge in [0, 0.05) is 29.2 Å². The van der Waals surface area contributed by atoms with Crippen LogP contribution in [0.15, 0.2) is 29.2 Å². The average molecular weight is 515 g/mol. The van der Waals surface area contributed by atoms with Gasteiger partial charge in [-0.2, -0.15) is 17.6 Å². The number of carbonyl (C=O) groups excluding carboxylic acids is 1. The SMILES string of the molecule is COc1c([C@H]2[C@H](c3cc(=O)c4c(C(N)=O)ncc(F)c4[nH]3)O[C@@](C)(C(F)(F)F)[C@H]2C)ccc(F)c1F.